The molecule has 2 fully saturated rings. The number of anilines is 2. The van der Waals surface area contributed by atoms with Gasteiger partial charge in [0.25, 0.3) is 15.9 Å². The molecule has 2 aliphatic heterocycles. The molecular weight excluding hydrogens is 535 g/mol. The van der Waals surface area contributed by atoms with Crippen LogP contribution in [0.5, 0.6) is 0 Å². The second-order valence-corrected chi connectivity index (χ2v) is 11.1. The van der Waals surface area contributed by atoms with E-state index in [2.05, 4.69) is 4.98 Å². The number of halogens is 6. The topological polar surface area (TPSA) is 74.8 Å². The molecule has 1 aromatic heterocycles. The lowest BCUT2D eigenvalue weighted by Crippen LogP contribution is -2.64. The van der Waals surface area contributed by atoms with Gasteiger partial charge < -0.3 is 9.64 Å². The SMILES string of the molecule is COC1(CCN2CCC(F)(F)C2)CN(c2cc(Cl)c(S(=O)(=O)Nc3cccc(F)n3)c(F)c2Cl)C1. The van der Waals surface area contributed by atoms with Gasteiger partial charge in [-0.15, -0.1) is 0 Å². The molecule has 0 unspecified atom stereocenters. The predicted octanol–water partition coefficient (Wildman–Crippen LogP) is 4.40. The van der Waals surface area contributed by atoms with Crippen molar-refractivity contribution < 1.29 is 30.7 Å². The number of aromatic nitrogens is 1. The highest BCUT2D eigenvalue weighted by molar-refractivity contribution is 7.92. The van der Waals surface area contributed by atoms with Gasteiger partial charge in [-0.25, -0.2) is 26.6 Å². The fourth-order valence-corrected chi connectivity index (χ4v) is 6.23. The monoisotopic (exact) mass is 556 g/mol. The van der Waals surface area contributed by atoms with Gasteiger partial charge in [0.2, 0.25) is 5.95 Å². The lowest BCUT2D eigenvalue weighted by Gasteiger charge is -2.51. The first-order valence-corrected chi connectivity index (χ1v) is 12.8. The quantitative estimate of drug-likeness (QED) is 0.295. The number of pyridine rings is 1. The van der Waals surface area contributed by atoms with E-state index in [1.807, 2.05) is 4.72 Å². The summed E-state index contributed by atoms with van der Waals surface area (Å²) in [6.07, 6.45) is 0.298. The van der Waals surface area contributed by atoms with Crippen LogP contribution in [-0.2, 0) is 14.8 Å². The second kappa shape index (κ2) is 9.55. The molecule has 0 atom stereocenters. The number of rotatable bonds is 8. The lowest BCUT2D eigenvalue weighted by atomic mass is 9.89. The molecular formula is C21H22Cl2F4N4O3S. The third-order valence-corrected chi connectivity index (χ3v) is 8.37. The molecule has 0 radical (unpaired) electrons. The van der Waals surface area contributed by atoms with Crippen molar-refractivity contribution in [3.05, 3.63) is 46.1 Å². The third kappa shape index (κ3) is 5.46. The summed E-state index contributed by atoms with van der Waals surface area (Å²) >= 11 is 12.3. The normalized spacial score (nSPS) is 19.6. The Kier molecular flexibility index (Phi) is 7.15. The summed E-state index contributed by atoms with van der Waals surface area (Å²) in [4.78, 5) is 5.83. The Bertz CT molecular complexity index is 1230. The van der Waals surface area contributed by atoms with E-state index in [9.17, 15) is 21.6 Å². The van der Waals surface area contributed by atoms with Crippen LogP contribution < -0.4 is 9.62 Å². The summed E-state index contributed by atoms with van der Waals surface area (Å²) in [5, 5.41) is -0.897. The van der Waals surface area contributed by atoms with E-state index >= 15 is 4.39 Å². The van der Waals surface area contributed by atoms with E-state index in [0.29, 0.717) is 19.5 Å². The average molecular weight is 557 g/mol. The van der Waals surface area contributed by atoms with E-state index in [-0.39, 0.29) is 37.6 Å². The molecule has 4 rings (SSSR count). The molecule has 192 valence electrons. The zero-order valence-corrected chi connectivity index (χ0v) is 20.8. The van der Waals surface area contributed by atoms with Crippen molar-refractivity contribution in [2.45, 2.75) is 29.3 Å². The third-order valence-electron chi connectivity index (χ3n) is 6.18. The number of likely N-dealkylation sites (tertiary alicyclic amines) is 1. The molecule has 14 heteroatoms. The number of ether oxygens (including phenoxy) is 1. The van der Waals surface area contributed by atoms with Crippen molar-refractivity contribution in [3.63, 3.8) is 0 Å². The molecule has 35 heavy (non-hydrogen) atoms. The minimum atomic E-state index is -4.58. The van der Waals surface area contributed by atoms with Crippen LogP contribution >= 0.6 is 23.2 Å². The van der Waals surface area contributed by atoms with Crippen LogP contribution in [0.15, 0.2) is 29.2 Å². The molecule has 2 aromatic rings. The largest absolute Gasteiger partial charge is 0.374 e. The van der Waals surface area contributed by atoms with Crippen molar-refractivity contribution in [1.82, 2.24) is 9.88 Å². The Labute approximate surface area is 210 Å². The van der Waals surface area contributed by atoms with Crippen LogP contribution in [0.4, 0.5) is 29.1 Å². The Morgan fingerprint density at radius 3 is 2.51 bits per heavy atom. The van der Waals surface area contributed by atoms with Gasteiger partial charge in [0.05, 0.1) is 17.3 Å². The predicted molar refractivity (Wildman–Crippen MR) is 124 cm³/mol. The molecule has 0 aliphatic carbocycles. The highest BCUT2D eigenvalue weighted by Gasteiger charge is 2.46. The molecule has 0 amide bonds. The molecule has 2 saturated heterocycles. The molecule has 3 heterocycles. The van der Waals surface area contributed by atoms with E-state index < -0.39 is 48.3 Å². The molecule has 1 N–H and O–H groups in total. The van der Waals surface area contributed by atoms with Crippen molar-refractivity contribution >= 4 is 44.7 Å². The van der Waals surface area contributed by atoms with Crippen LogP contribution in [0.3, 0.4) is 0 Å². The minimum absolute atomic E-state index is 0.164. The molecule has 1 aromatic carbocycles. The summed E-state index contributed by atoms with van der Waals surface area (Å²) < 4.78 is 88.4. The number of methoxy groups -OCH3 is 1. The summed E-state index contributed by atoms with van der Waals surface area (Å²) in [6, 6.07) is 4.66. The van der Waals surface area contributed by atoms with Gasteiger partial charge in [-0.05, 0) is 24.6 Å². The zero-order valence-electron chi connectivity index (χ0n) is 18.5. The van der Waals surface area contributed by atoms with Crippen LogP contribution in [0.25, 0.3) is 0 Å². The van der Waals surface area contributed by atoms with Crippen molar-refractivity contribution in [2.75, 3.05) is 49.5 Å². The molecule has 7 nitrogen and oxygen atoms in total. The maximum Gasteiger partial charge on any atom is 0.267 e. The Hall–Kier alpha value is -1.86. The van der Waals surface area contributed by atoms with Gasteiger partial charge in [0.15, 0.2) is 5.82 Å². The second-order valence-electron chi connectivity index (χ2n) is 8.66. The fraction of sp³-hybridized carbons (Fsp3) is 0.476. The van der Waals surface area contributed by atoms with Crippen LogP contribution in [-0.4, -0.2) is 69.7 Å². The van der Waals surface area contributed by atoms with Crippen LogP contribution in [0.1, 0.15) is 12.8 Å². The molecule has 0 spiro atoms. The van der Waals surface area contributed by atoms with Gasteiger partial charge in [-0.1, -0.05) is 29.3 Å². The van der Waals surface area contributed by atoms with Crippen molar-refractivity contribution in [2.24, 2.45) is 0 Å². The van der Waals surface area contributed by atoms with Crippen molar-refractivity contribution in [1.29, 1.82) is 0 Å². The number of nitrogens with zero attached hydrogens (tertiary/aromatic N) is 3. The number of hydrogen-bond acceptors (Lipinski definition) is 6. The number of benzene rings is 1. The maximum atomic E-state index is 15.2. The number of nitrogens with one attached hydrogen (secondary N) is 1. The first-order valence-electron chi connectivity index (χ1n) is 10.6. The van der Waals surface area contributed by atoms with Gasteiger partial charge in [0, 0.05) is 39.7 Å². The van der Waals surface area contributed by atoms with E-state index in [0.717, 1.165) is 6.07 Å². The van der Waals surface area contributed by atoms with E-state index in [1.54, 1.807) is 9.80 Å². The van der Waals surface area contributed by atoms with E-state index in [1.165, 1.54) is 25.3 Å². The van der Waals surface area contributed by atoms with Crippen molar-refractivity contribution in [3.8, 4) is 0 Å². The fourth-order valence-electron chi connectivity index (χ4n) is 4.26. The Morgan fingerprint density at radius 1 is 1.20 bits per heavy atom. The summed E-state index contributed by atoms with van der Waals surface area (Å²) in [6.45, 7) is 0.981. The molecule has 0 saturated carbocycles. The first-order chi connectivity index (χ1) is 16.3. The number of hydrogen-bond donors (Lipinski definition) is 1. The van der Waals surface area contributed by atoms with Gasteiger partial charge >= 0.3 is 0 Å². The minimum Gasteiger partial charge on any atom is -0.374 e. The lowest BCUT2D eigenvalue weighted by molar-refractivity contribution is -0.0468. The van der Waals surface area contributed by atoms with Crippen LogP contribution in [0, 0.1) is 11.8 Å². The maximum absolute atomic E-state index is 15.2. The Balaban J connectivity index is 1.49. The smallest absolute Gasteiger partial charge is 0.267 e. The van der Waals surface area contributed by atoms with Gasteiger partial charge in [-0.2, -0.15) is 4.39 Å². The molecule has 0 bridgehead atoms. The first kappa shape index (κ1) is 26.2. The zero-order chi connectivity index (χ0) is 25.6. The van der Waals surface area contributed by atoms with Gasteiger partial charge in [-0.3, -0.25) is 9.62 Å². The number of alkyl halides is 2. The van der Waals surface area contributed by atoms with E-state index in [4.69, 9.17) is 27.9 Å². The van der Waals surface area contributed by atoms with Gasteiger partial charge in [0.1, 0.15) is 21.3 Å². The average Bonchev–Trinajstić information content (AvgIpc) is 3.09. The summed E-state index contributed by atoms with van der Waals surface area (Å²) in [5.41, 5.74) is -0.489. The van der Waals surface area contributed by atoms with Crippen LogP contribution in [0.2, 0.25) is 10.0 Å². The molecule has 2 aliphatic rings. The summed E-state index contributed by atoms with van der Waals surface area (Å²) in [5.74, 6) is -5.24. The standard InChI is InChI=1S/C21H22Cl2F4N4O3S/c1-34-20(5-7-30-8-6-21(26,27)12-30)10-31(11-20)14-9-13(22)19(18(25)17(14)23)35(32,33)29-16-4-2-3-15(24)28-16/h2-4,9H,5-8,10-12H2,1H3,(H,28,29). The highest BCUT2D eigenvalue weighted by atomic mass is 35.5. The Morgan fingerprint density at radius 2 is 1.91 bits per heavy atom. The number of sulfonamides is 1. The summed E-state index contributed by atoms with van der Waals surface area (Å²) in [7, 11) is -3.07. The highest BCUT2D eigenvalue weighted by Crippen LogP contribution is 2.42.